The second-order valence-corrected chi connectivity index (χ2v) is 8.49. The number of anilines is 1. The Hall–Kier alpha value is -1.68. The van der Waals surface area contributed by atoms with E-state index in [2.05, 4.69) is 26.2 Å². The summed E-state index contributed by atoms with van der Waals surface area (Å²) in [5.41, 5.74) is 0.730. The molecule has 2 heterocycles. The fourth-order valence-corrected chi connectivity index (χ4v) is 4.25. The number of nitrogens with zero attached hydrogens (tertiary/aromatic N) is 2. The molecule has 5 nitrogen and oxygen atoms in total. The summed E-state index contributed by atoms with van der Waals surface area (Å²) in [4.78, 5) is 29.1. The van der Waals surface area contributed by atoms with Gasteiger partial charge in [-0.3, -0.25) is 14.2 Å². The van der Waals surface area contributed by atoms with Crippen LogP contribution in [0.5, 0.6) is 0 Å². The van der Waals surface area contributed by atoms with Crippen LogP contribution in [0.4, 0.5) is 5.13 Å². The topological polar surface area (TPSA) is 64.0 Å². The van der Waals surface area contributed by atoms with Gasteiger partial charge < -0.3 is 5.32 Å². The number of amides is 1. The summed E-state index contributed by atoms with van der Waals surface area (Å²) < 4.78 is 2.87. The lowest BCUT2D eigenvalue weighted by Gasteiger charge is -2.07. The third-order valence-electron chi connectivity index (χ3n) is 3.31. The van der Waals surface area contributed by atoms with E-state index in [1.165, 1.54) is 27.2 Å². The molecule has 0 atom stereocenters. The van der Waals surface area contributed by atoms with Crippen molar-refractivity contribution in [2.45, 2.75) is 13.0 Å². The smallest absolute Gasteiger partial charge is 0.253 e. The fraction of sp³-hybridized carbons (Fsp3) is 0.125. The summed E-state index contributed by atoms with van der Waals surface area (Å²) in [5.74, 6) is -0.196. The monoisotopic (exact) mass is 453 g/mol. The summed E-state index contributed by atoms with van der Waals surface area (Å²) in [6, 6.07) is 9.24. The Balaban J connectivity index is 1.74. The zero-order valence-corrected chi connectivity index (χ0v) is 16.8. The van der Waals surface area contributed by atoms with E-state index < -0.39 is 0 Å². The molecular formula is C16H12BrN3O2S3. The van der Waals surface area contributed by atoms with Crippen molar-refractivity contribution >= 4 is 61.9 Å². The van der Waals surface area contributed by atoms with Gasteiger partial charge in [0, 0.05) is 40.0 Å². The Labute approximate surface area is 165 Å². The number of halogens is 1. The first-order chi connectivity index (χ1) is 12.0. The predicted molar refractivity (Wildman–Crippen MR) is 108 cm³/mol. The van der Waals surface area contributed by atoms with Gasteiger partial charge in [0.15, 0.2) is 9.09 Å². The number of benzene rings is 1. The molecule has 9 heteroatoms. The molecule has 0 saturated heterocycles. The van der Waals surface area contributed by atoms with E-state index in [0.717, 1.165) is 14.9 Å². The highest BCUT2D eigenvalue weighted by atomic mass is 79.9. The van der Waals surface area contributed by atoms with Gasteiger partial charge in [-0.25, -0.2) is 4.98 Å². The SMILES string of the molecule is O=C(CCn1c(=O)cc(-c2ccc(Br)cc2)sc1=S)Nc1nccs1. The van der Waals surface area contributed by atoms with Gasteiger partial charge >= 0.3 is 0 Å². The van der Waals surface area contributed by atoms with E-state index in [0.29, 0.717) is 9.09 Å². The van der Waals surface area contributed by atoms with Crippen molar-refractivity contribution < 1.29 is 4.79 Å². The van der Waals surface area contributed by atoms with Crippen molar-refractivity contribution in [1.29, 1.82) is 0 Å². The Morgan fingerprint density at radius 3 is 2.72 bits per heavy atom. The van der Waals surface area contributed by atoms with Crippen LogP contribution >= 0.6 is 50.8 Å². The third-order valence-corrected chi connectivity index (χ3v) is 5.96. The number of nitrogens with one attached hydrogen (secondary N) is 1. The Bertz CT molecular complexity index is 963. The molecule has 2 aromatic heterocycles. The van der Waals surface area contributed by atoms with Crippen LogP contribution in [0, 0.1) is 3.95 Å². The maximum absolute atomic E-state index is 12.4. The average Bonchev–Trinajstić information content (AvgIpc) is 3.07. The summed E-state index contributed by atoms with van der Waals surface area (Å²) >= 11 is 11.4. The number of hydrogen-bond acceptors (Lipinski definition) is 6. The lowest BCUT2D eigenvalue weighted by Crippen LogP contribution is -2.22. The molecular weight excluding hydrogens is 442 g/mol. The fourth-order valence-electron chi connectivity index (χ4n) is 2.10. The van der Waals surface area contributed by atoms with Gasteiger partial charge in [-0.15, -0.1) is 22.7 Å². The Kier molecular flexibility index (Phi) is 5.89. The Morgan fingerprint density at radius 1 is 1.32 bits per heavy atom. The van der Waals surface area contributed by atoms with E-state index in [-0.39, 0.29) is 24.4 Å². The zero-order valence-electron chi connectivity index (χ0n) is 12.8. The van der Waals surface area contributed by atoms with Crippen LogP contribution < -0.4 is 10.9 Å². The van der Waals surface area contributed by atoms with Gasteiger partial charge in [0.25, 0.3) is 5.56 Å². The molecule has 0 aliphatic heterocycles. The van der Waals surface area contributed by atoms with E-state index >= 15 is 0 Å². The van der Waals surface area contributed by atoms with Crippen molar-refractivity contribution in [3.05, 3.63) is 60.7 Å². The minimum absolute atomic E-state index is 0.160. The number of hydrogen-bond donors (Lipinski definition) is 1. The van der Waals surface area contributed by atoms with Crippen LogP contribution in [-0.2, 0) is 11.3 Å². The van der Waals surface area contributed by atoms with Crippen molar-refractivity contribution in [3.63, 3.8) is 0 Å². The van der Waals surface area contributed by atoms with E-state index in [9.17, 15) is 9.59 Å². The maximum atomic E-state index is 12.4. The van der Waals surface area contributed by atoms with E-state index in [4.69, 9.17) is 12.2 Å². The predicted octanol–water partition coefficient (Wildman–Crippen LogP) is 4.55. The molecule has 1 N–H and O–H groups in total. The van der Waals surface area contributed by atoms with Crippen molar-refractivity contribution in [2.75, 3.05) is 5.32 Å². The van der Waals surface area contributed by atoms with E-state index in [1.807, 2.05) is 24.3 Å². The molecule has 0 fully saturated rings. The van der Waals surface area contributed by atoms with Crippen LogP contribution in [0.1, 0.15) is 6.42 Å². The number of carbonyl (C=O) groups excluding carboxylic acids is 1. The highest BCUT2D eigenvalue weighted by Crippen LogP contribution is 2.24. The van der Waals surface area contributed by atoms with Crippen molar-refractivity contribution in [3.8, 4) is 10.4 Å². The first-order valence-corrected chi connectivity index (χ1v) is 10.1. The molecule has 1 amide bonds. The molecule has 0 radical (unpaired) electrons. The molecule has 3 rings (SSSR count). The molecule has 25 heavy (non-hydrogen) atoms. The van der Waals surface area contributed by atoms with Crippen molar-refractivity contribution in [2.24, 2.45) is 0 Å². The second-order valence-electron chi connectivity index (χ2n) is 5.01. The number of thiazole rings is 1. The van der Waals surface area contributed by atoms with Crippen LogP contribution in [0.3, 0.4) is 0 Å². The number of aromatic nitrogens is 2. The quantitative estimate of drug-likeness (QED) is 0.575. The summed E-state index contributed by atoms with van der Waals surface area (Å²) in [7, 11) is 0. The highest BCUT2D eigenvalue weighted by molar-refractivity contribution is 9.10. The van der Waals surface area contributed by atoms with Gasteiger partial charge in [0.2, 0.25) is 5.91 Å². The lowest BCUT2D eigenvalue weighted by atomic mass is 10.2. The molecule has 1 aromatic carbocycles. The van der Waals surface area contributed by atoms with Gasteiger partial charge in [-0.1, -0.05) is 28.1 Å². The minimum atomic E-state index is -0.205. The first-order valence-electron chi connectivity index (χ1n) is 7.23. The van der Waals surface area contributed by atoms with Crippen molar-refractivity contribution in [1.82, 2.24) is 9.55 Å². The van der Waals surface area contributed by atoms with Crippen LogP contribution in [-0.4, -0.2) is 15.5 Å². The molecule has 0 unspecified atom stereocenters. The standard InChI is InChI=1S/C16H12BrN3O2S3/c17-11-3-1-10(2-4-11)12-9-14(22)20(16(23)25-12)7-5-13(21)19-15-18-6-8-24-15/h1-4,6,8-9H,5,7H2,(H,18,19,21). The third kappa shape index (κ3) is 4.69. The zero-order chi connectivity index (χ0) is 17.8. The number of carbonyl (C=O) groups is 1. The maximum Gasteiger partial charge on any atom is 0.253 e. The van der Waals surface area contributed by atoms with Crippen LogP contribution in [0.2, 0.25) is 0 Å². The molecule has 0 spiro atoms. The van der Waals surface area contributed by atoms with Gasteiger partial charge in [0.05, 0.1) is 0 Å². The lowest BCUT2D eigenvalue weighted by molar-refractivity contribution is -0.116. The normalized spacial score (nSPS) is 10.6. The van der Waals surface area contributed by atoms with Gasteiger partial charge in [0.1, 0.15) is 0 Å². The molecule has 0 bridgehead atoms. The average molecular weight is 454 g/mol. The molecule has 3 aromatic rings. The van der Waals surface area contributed by atoms with Gasteiger partial charge in [-0.05, 0) is 29.9 Å². The second kappa shape index (κ2) is 8.13. The molecule has 0 aliphatic rings. The minimum Gasteiger partial charge on any atom is -0.302 e. The van der Waals surface area contributed by atoms with Gasteiger partial charge in [-0.2, -0.15) is 0 Å². The summed E-state index contributed by atoms with van der Waals surface area (Å²) in [5, 5.41) is 5.02. The number of rotatable bonds is 5. The Morgan fingerprint density at radius 2 is 2.08 bits per heavy atom. The molecule has 0 aliphatic carbocycles. The van der Waals surface area contributed by atoms with E-state index in [1.54, 1.807) is 17.6 Å². The highest BCUT2D eigenvalue weighted by Gasteiger charge is 2.09. The summed E-state index contributed by atoms with van der Waals surface area (Å²) in [6.45, 7) is 0.242. The van der Waals surface area contributed by atoms with Crippen LogP contribution in [0.25, 0.3) is 10.4 Å². The summed E-state index contributed by atoms with van der Waals surface area (Å²) in [6.07, 6.45) is 1.78. The molecule has 0 saturated carbocycles. The van der Waals surface area contributed by atoms with Crippen LogP contribution in [0.15, 0.2) is 51.2 Å². The molecule has 128 valence electrons. The largest absolute Gasteiger partial charge is 0.302 e. The first kappa shape index (κ1) is 18.1.